The van der Waals surface area contributed by atoms with E-state index in [2.05, 4.69) is 0 Å². The van der Waals surface area contributed by atoms with E-state index in [1.807, 2.05) is 0 Å². The van der Waals surface area contributed by atoms with Crippen LogP contribution < -0.4 is 0 Å². The van der Waals surface area contributed by atoms with Crippen molar-refractivity contribution in [2.45, 2.75) is 64.8 Å². The van der Waals surface area contributed by atoms with Crippen LogP contribution in [0.3, 0.4) is 0 Å². The van der Waals surface area contributed by atoms with E-state index < -0.39 is 59.1 Å². The lowest BCUT2D eigenvalue weighted by molar-refractivity contribution is -0.176. The average molecular weight is 394 g/mol. The summed E-state index contributed by atoms with van der Waals surface area (Å²) in [6, 6.07) is 5.16. The fourth-order valence-electron chi connectivity index (χ4n) is 3.71. The molecule has 2 rings (SSSR count). The summed E-state index contributed by atoms with van der Waals surface area (Å²) in [4.78, 5) is 38.4. The van der Waals surface area contributed by atoms with Gasteiger partial charge in [0.25, 0.3) is 0 Å². The number of hydrogen-bond acceptors (Lipinski definition) is 6. The van der Waals surface area contributed by atoms with E-state index in [1.165, 1.54) is 31.2 Å². The van der Waals surface area contributed by atoms with E-state index in [9.17, 15) is 23.9 Å². The Morgan fingerprint density at radius 3 is 2.07 bits per heavy atom. The zero-order chi connectivity index (χ0) is 21.2. The maximum Gasteiger partial charge on any atom is 0.317 e. The van der Waals surface area contributed by atoms with Gasteiger partial charge in [-0.15, -0.1) is 0 Å². The van der Waals surface area contributed by atoms with Crippen LogP contribution in [0.2, 0.25) is 0 Å². The molecule has 1 fully saturated rings. The molecule has 0 aromatic heterocycles. The maximum atomic E-state index is 13.4. The summed E-state index contributed by atoms with van der Waals surface area (Å²) in [6.07, 6.45) is -1.30. The van der Waals surface area contributed by atoms with Gasteiger partial charge >= 0.3 is 11.9 Å². The number of halogens is 1. The van der Waals surface area contributed by atoms with E-state index in [1.54, 1.807) is 27.7 Å². The van der Waals surface area contributed by atoms with Gasteiger partial charge in [-0.1, -0.05) is 12.1 Å². The van der Waals surface area contributed by atoms with Crippen LogP contribution in [0, 0.1) is 17.7 Å². The molecule has 0 unspecified atom stereocenters. The molecule has 1 N–H and O–H groups in total. The molecule has 154 valence electrons. The predicted molar refractivity (Wildman–Crippen MR) is 98.8 cm³/mol. The minimum absolute atomic E-state index is 0.381. The van der Waals surface area contributed by atoms with Gasteiger partial charge in [0.1, 0.15) is 11.7 Å². The quantitative estimate of drug-likeness (QED) is 0.610. The highest BCUT2D eigenvalue weighted by molar-refractivity contribution is 6.02. The molecule has 7 heteroatoms. The predicted octanol–water partition coefficient (Wildman–Crippen LogP) is 2.77. The van der Waals surface area contributed by atoms with Crippen molar-refractivity contribution in [1.29, 1.82) is 0 Å². The highest BCUT2D eigenvalue weighted by Gasteiger charge is 2.57. The molecule has 28 heavy (non-hydrogen) atoms. The van der Waals surface area contributed by atoms with E-state index in [0.717, 1.165) is 0 Å². The van der Waals surface area contributed by atoms with Crippen LogP contribution >= 0.6 is 0 Å². The number of ketones is 1. The molecule has 0 radical (unpaired) electrons. The molecule has 1 aliphatic rings. The standard InChI is InChI=1S/C21H27FO6/c1-11(2)27-19(24)17-15(23)10-21(5,26)18(20(25)28-12(3)4)16(17)13-6-8-14(22)9-7-13/h6-9,11-12,16-18,26H,10H2,1-5H3/t16-,17+,18-,21-/m1/s1. The highest BCUT2D eigenvalue weighted by Crippen LogP contribution is 2.47. The highest BCUT2D eigenvalue weighted by atomic mass is 19.1. The summed E-state index contributed by atoms with van der Waals surface area (Å²) in [7, 11) is 0. The summed E-state index contributed by atoms with van der Waals surface area (Å²) in [5, 5.41) is 10.9. The molecule has 0 heterocycles. The minimum atomic E-state index is -1.73. The Balaban J connectivity index is 2.59. The molecule has 0 aliphatic heterocycles. The van der Waals surface area contributed by atoms with E-state index in [-0.39, 0.29) is 6.42 Å². The van der Waals surface area contributed by atoms with Gasteiger partial charge in [0, 0.05) is 12.3 Å². The molecule has 1 aliphatic carbocycles. The molecule has 4 atom stereocenters. The monoisotopic (exact) mass is 394 g/mol. The third-order valence-corrected chi connectivity index (χ3v) is 4.73. The molecule has 1 saturated carbocycles. The first kappa shape index (κ1) is 22.0. The number of aliphatic hydroxyl groups is 1. The Kier molecular flexibility index (Phi) is 6.59. The smallest absolute Gasteiger partial charge is 0.317 e. The van der Waals surface area contributed by atoms with Crippen molar-refractivity contribution >= 4 is 17.7 Å². The van der Waals surface area contributed by atoms with Crippen LogP contribution in [0.1, 0.15) is 52.5 Å². The van der Waals surface area contributed by atoms with Gasteiger partial charge in [-0.05, 0) is 52.3 Å². The van der Waals surface area contributed by atoms with Gasteiger partial charge in [-0.3, -0.25) is 14.4 Å². The van der Waals surface area contributed by atoms with Crippen molar-refractivity contribution in [3.8, 4) is 0 Å². The van der Waals surface area contributed by atoms with E-state index >= 15 is 0 Å². The van der Waals surface area contributed by atoms with Crippen LogP contribution in [-0.2, 0) is 23.9 Å². The fourth-order valence-corrected chi connectivity index (χ4v) is 3.71. The first-order valence-electron chi connectivity index (χ1n) is 9.35. The van der Waals surface area contributed by atoms with Crippen molar-refractivity contribution in [3.63, 3.8) is 0 Å². The first-order valence-corrected chi connectivity index (χ1v) is 9.35. The molecule has 0 bridgehead atoms. The van der Waals surface area contributed by atoms with Crippen molar-refractivity contribution in [2.75, 3.05) is 0 Å². The number of hydrogen-bond donors (Lipinski definition) is 1. The normalized spacial score (nSPS) is 27.8. The number of carbonyl (C=O) groups excluding carboxylic acids is 3. The summed E-state index contributed by atoms with van der Waals surface area (Å²) in [6.45, 7) is 8.01. The maximum absolute atomic E-state index is 13.4. The lowest BCUT2D eigenvalue weighted by atomic mass is 9.61. The van der Waals surface area contributed by atoms with Crippen LogP contribution in [0.5, 0.6) is 0 Å². The zero-order valence-electron chi connectivity index (χ0n) is 16.8. The lowest BCUT2D eigenvalue weighted by Crippen LogP contribution is -2.55. The molecule has 0 amide bonds. The number of carbonyl (C=O) groups is 3. The van der Waals surface area contributed by atoms with Crippen LogP contribution in [-0.4, -0.2) is 40.6 Å². The summed E-state index contributed by atoms with van der Waals surface area (Å²) < 4.78 is 24.0. The molecular weight excluding hydrogens is 367 g/mol. The van der Waals surface area contributed by atoms with Gasteiger partial charge in [0.05, 0.1) is 23.7 Å². The molecule has 0 saturated heterocycles. The number of benzene rings is 1. The minimum Gasteiger partial charge on any atom is -0.463 e. The average Bonchev–Trinajstić information content (AvgIpc) is 2.52. The fraction of sp³-hybridized carbons (Fsp3) is 0.571. The van der Waals surface area contributed by atoms with Gasteiger partial charge in [0.2, 0.25) is 0 Å². The van der Waals surface area contributed by atoms with Crippen molar-refractivity contribution in [2.24, 2.45) is 11.8 Å². The second kappa shape index (κ2) is 8.39. The topological polar surface area (TPSA) is 89.9 Å². The first-order chi connectivity index (χ1) is 12.9. The lowest BCUT2D eigenvalue weighted by Gasteiger charge is -2.44. The Hall–Kier alpha value is -2.28. The second-order valence-electron chi connectivity index (χ2n) is 8.00. The van der Waals surface area contributed by atoms with Gasteiger partial charge in [-0.25, -0.2) is 4.39 Å². The number of ether oxygens (including phenoxy) is 2. The van der Waals surface area contributed by atoms with Gasteiger partial charge in [0.15, 0.2) is 5.78 Å². The van der Waals surface area contributed by atoms with Gasteiger partial charge < -0.3 is 14.6 Å². The summed E-state index contributed by atoms with van der Waals surface area (Å²) in [5.74, 6) is -6.04. The largest absolute Gasteiger partial charge is 0.463 e. The summed E-state index contributed by atoms with van der Waals surface area (Å²) in [5.41, 5.74) is -1.34. The third kappa shape index (κ3) is 4.76. The molecule has 1 aromatic carbocycles. The molecular formula is C21H27FO6. The summed E-state index contributed by atoms with van der Waals surface area (Å²) >= 11 is 0. The Morgan fingerprint density at radius 1 is 1.07 bits per heavy atom. The van der Waals surface area contributed by atoms with Crippen molar-refractivity contribution in [1.82, 2.24) is 0 Å². The SMILES string of the molecule is CC(C)OC(=O)[C@H]1C(=O)C[C@@](C)(O)[C@@H](C(=O)OC(C)C)[C@@H]1c1ccc(F)cc1. The molecule has 1 aromatic rings. The third-order valence-electron chi connectivity index (χ3n) is 4.73. The van der Waals surface area contributed by atoms with Crippen LogP contribution in [0.25, 0.3) is 0 Å². The number of Topliss-reactive ketones (excluding diaryl/α,β-unsaturated/α-hetero) is 1. The molecule has 0 spiro atoms. The Morgan fingerprint density at radius 2 is 1.57 bits per heavy atom. The molecule has 6 nitrogen and oxygen atoms in total. The van der Waals surface area contributed by atoms with E-state index in [4.69, 9.17) is 9.47 Å². The number of rotatable bonds is 5. The van der Waals surface area contributed by atoms with Crippen LogP contribution in [0.15, 0.2) is 24.3 Å². The number of esters is 2. The second-order valence-corrected chi connectivity index (χ2v) is 8.00. The zero-order valence-corrected chi connectivity index (χ0v) is 16.8. The van der Waals surface area contributed by atoms with Gasteiger partial charge in [-0.2, -0.15) is 0 Å². The van der Waals surface area contributed by atoms with Crippen molar-refractivity contribution in [3.05, 3.63) is 35.6 Å². The Bertz CT molecular complexity index is 730. The Labute approximate surface area is 164 Å². The van der Waals surface area contributed by atoms with E-state index in [0.29, 0.717) is 5.56 Å². The van der Waals surface area contributed by atoms with Crippen molar-refractivity contribution < 1.29 is 33.4 Å². The van der Waals surface area contributed by atoms with Crippen LogP contribution in [0.4, 0.5) is 4.39 Å².